The van der Waals surface area contributed by atoms with E-state index in [1.807, 2.05) is 31.2 Å². The number of ketones is 1. The van der Waals surface area contributed by atoms with Gasteiger partial charge in [0.25, 0.3) is 0 Å². The summed E-state index contributed by atoms with van der Waals surface area (Å²) in [6, 6.07) is 13.7. The van der Waals surface area contributed by atoms with E-state index in [-0.39, 0.29) is 24.2 Å². The van der Waals surface area contributed by atoms with E-state index in [1.54, 1.807) is 18.2 Å². The molecule has 166 valence electrons. The zero-order chi connectivity index (χ0) is 22.5. The minimum absolute atomic E-state index is 0.187. The van der Waals surface area contributed by atoms with Crippen LogP contribution in [0.25, 0.3) is 6.08 Å². The van der Waals surface area contributed by atoms with E-state index in [0.29, 0.717) is 36.7 Å². The Balaban J connectivity index is 1.25. The molecule has 3 aliphatic heterocycles. The van der Waals surface area contributed by atoms with Crippen molar-refractivity contribution >= 4 is 11.9 Å². The highest BCUT2D eigenvalue weighted by Crippen LogP contribution is 2.43. The first-order valence-electron chi connectivity index (χ1n) is 10.6. The van der Waals surface area contributed by atoms with Gasteiger partial charge in [-0.2, -0.15) is 0 Å². The summed E-state index contributed by atoms with van der Waals surface area (Å²) in [7, 11) is 0. The molecule has 0 spiro atoms. The van der Waals surface area contributed by atoms with Gasteiger partial charge in [0.15, 0.2) is 17.3 Å². The summed E-state index contributed by atoms with van der Waals surface area (Å²) >= 11 is 0. The van der Waals surface area contributed by atoms with Crippen molar-refractivity contribution in [2.45, 2.75) is 20.0 Å². The lowest BCUT2D eigenvalue weighted by Crippen LogP contribution is -2.32. The number of benzene rings is 3. The molecule has 3 aromatic carbocycles. The van der Waals surface area contributed by atoms with Crippen LogP contribution in [0.5, 0.6) is 23.0 Å². The molecular formula is C26H20FNO5. The molecule has 0 saturated carbocycles. The second-order valence-electron chi connectivity index (χ2n) is 8.31. The molecule has 0 aliphatic carbocycles. The van der Waals surface area contributed by atoms with E-state index < -0.39 is 0 Å². The van der Waals surface area contributed by atoms with Crippen LogP contribution in [-0.2, 0) is 13.1 Å². The van der Waals surface area contributed by atoms with Crippen LogP contribution in [0.15, 0.2) is 54.3 Å². The molecule has 33 heavy (non-hydrogen) atoms. The lowest BCUT2D eigenvalue weighted by Gasteiger charge is -2.30. The van der Waals surface area contributed by atoms with Gasteiger partial charge < -0.3 is 18.9 Å². The third-order valence-corrected chi connectivity index (χ3v) is 6.01. The monoisotopic (exact) mass is 445 g/mol. The van der Waals surface area contributed by atoms with Gasteiger partial charge in [0, 0.05) is 24.2 Å². The maximum atomic E-state index is 13.2. The van der Waals surface area contributed by atoms with Gasteiger partial charge in [-0.3, -0.25) is 9.69 Å². The van der Waals surface area contributed by atoms with Crippen LogP contribution in [0.1, 0.15) is 32.6 Å². The Labute approximate surface area is 189 Å². The highest BCUT2D eigenvalue weighted by atomic mass is 19.1. The number of Topliss-reactive ketones (excluding diaryl/α,β-unsaturated/α-hetero) is 1. The number of allylic oxidation sites excluding steroid dienone is 1. The van der Waals surface area contributed by atoms with Crippen molar-refractivity contribution in [2.75, 3.05) is 13.5 Å². The molecule has 0 bridgehead atoms. The molecule has 3 aliphatic rings. The number of hydrogen-bond donors (Lipinski definition) is 0. The second kappa shape index (κ2) is 7.64. The van der Waals surface area contributed by atoms with Gasteiger partial charge in [-0.1, -0.05) is 18.2 Å². The normalized spacial score (nSPS) is 17.5. The predicted molar refractivity (Wildman–Crippen MR) is 118 cm³/mol. The number of ether oxygens (including phenoxy) is 4. The molecule has 0 N–H and O–H groups in total. The summed E-state index contributed by atoms with van der Waals surface area (Å²) in [5.74, 6) is 2.50. The van der Waals surface area contributed by atoms with Crippen molar-refractivity contribution in [1.29, 1.82) is 0 Å². The highest BCUT2D eigenvalue weighted by Gasteiger charge is 2.33. The summed E-state index contributed by atoms with van der Waals surface area (Å²) in [6.45, 7) is 3.89. The van der Waals surface area contributed by atoms with E-state index >= 15 is 0 Å². The fourth-order valence-corrected chi connectivity index (χ4v) is 4.41. The summed E-state index contributed by atoms with van der Waals surface area (Å²) < 4.78 is 36.0. The van der Waals surface area contributed by atoms with E-state index in [0.717, 1.165) is 33.9 Å². The van der Waals surface area contributed by atoms with Crippen LogP contribution in [0.4, 0.5) is 4.39 Å². The summed E-state index contributed by atoms with van der Waals surface area (Å²) in [5, 5.41) is 0. The molecule has 7 heteroatoms. The van der Waals surface area contributed by atoms with Crippen molar-refractivity contribution in [1.82, 2.24) is 4.90 Å². The summed E-state index contributed by atoms with van der Waals surface area (Å²) in [5.41, 5.74) is 4.06. The van der Waals surface area contributed by atoms with E-state index in [1.165, 1.54) is 12.1 Å². The number of fused-ring (bicyclic) bond motifs is 3. The van der Waals surface area contributed by atoms with Crippen LogP contribution < -0.4 is 18.9 Å². The van der Waals surface area contributed by atoms with Crippen molar-refractivity contribution in [3.63, 3.8) is 0 Å². The molecule has 0 aromatic heterocycles. The number of carbonyl (C=O) groups excluding carboxylic acids is 1. The molecule has 3 aromatic rings. The summed E-state index contributed by atoms with van der Waals surface area (Å²) in [6.07, 6.45) is 1.63. The Morgan fingerprint density at radius 1 is 1.00 bits per heavy atom. The Morgan fingerprint density at radius 2 is 1.82 bits per heavy atom. The van der Waals surface area contributed by atoms with Crippen molar-refractivity contribution in [2.24, 2.45) is 0 Å². The molecule has 0 radical (unpaired) electrons. The van der Waals surface area contributed by atoms with Crippen LogP contribution in [0.2, 0.25) is 0 Å². The third kappa shape index (κ3) is 3.50. The van der Waals surface area contributed by atoms with Gasteiger partial charge in [0.05, 0.1) is 5.56 Å². The van der Waals surface area contributed by atoms with Gasteiger partial charge in [-0.05, 0) is 54.5 Å². The average Bonchev–Trinajstić information content (AvgIpc) is 3.40. The largest absolute Gasteiger partial charge is 0.477 e. The minimum Gasteiger partial charge on any atom is -0.477 e. The first-order valence-corrected chi connectivity index (χ1v) is 10.6. The molecule has 0 amide bonds. The lowest BCUT2D eigenvalue weighted by molar-refractivity contribution is 0.0876. The molecule has 0 atom stereocenters. The smallest absolute Gasteiger partial charge is 0.231 e. The van der Waals surface area contributed by atoms with E-state index in [4.69, 9.17) is 18.9 Å². The molecule has 6 rings (SSSR count). The fraction of sp³-hybridized carbons (Fsp3) is 0.192. The number of rotatable bonds is 3. The third-order valence-electron chi connectivity index (χ3n) is 6.01. The van der Waals surface area contributed by atoms with Gasteiger partial charge in [-0.15, -0.1) is 0 Å². The quantitative estimate of drug-likeness (QED) is 0.539. The first kappa shape index (κ1) is 19.8. The van der Waals surface area contributed by atoms with E-state index in [9.17, 15) is 9.18 Å². The van der Waals surface area contributed by atoms with Gasteiger partial charge >= 0.3 is 0 Å². The maximum absolute atomic E-state index is 13.2. The zero-order valence-corrected chi connectivity index (χ0v) is 17.9. The van der Waals surface area contributed by atoms with E-state index in [2.05, 4.69) is 4.90 Å². The lowest BCUT2D eigenvalue weighted by atomic mass is 10.00. The molecule has 3 heterocycles. The Kier molecular flexibility index (Phi) is 4.58. The van der Waals surface area contributed by atoms with Crippen molar-refractivity contribution < 1.29 is 28.1 Å². The Hall–Kier alpha value is -3.84. The molecule has 0 unspecified atom stereocenters. The highest BCUT2D eigenvalue weighted by molar-refractivity contribution is 6.15. The number of halogens is 1. The van der Waals surface area contributed by atoms with Crippen LogP contribution in [0, 0.1) is 12.7 Å². The zero-order valence-electron chi connectivity index (χ0n) is 17.9. The molecule has 0 saturated heterocycles. The molecular weight excluding hydrogens is 425 g/mol. The average molecular weight is 445 g/mol. The van der Waals surface area contributed by atoms with Crippen LogP contribution in [0.3, 0.4) is 0 Å². The van der Waals surface area contributed by atoms with Gasteiger partial charge in [0.2, 0.25) is 12.6 Å². The van der Waals surface area contributed by atoms with Crippen molar-refractivity contribution in [3.8, 4) is 23.0 Å². The Morgan fingerprint density at radius 3 is 2.67 bits per heavy atom. The standard InChI is InChI=1S/C26H20FNO5/c1-15-25-18(12-28(13-30-25)11-17-4-7-21-22(9-17)32-14-31-21)10-20-24(29)23(33-26(15)20)8-16-2-5-19(27)6-3-16/h2-10H,11-14H2,1H3/b23-8-. The molecule has 6 nitrogen and oxygen atoms in total. The van der Waals surface area contributed by atoms with Gasteiger partial charge in [0.1, 0.15) is 24.0 Å². The maximum Gasteiger partial charge on any atom is 0.231 e. The second-order valence-corrected chi connectivity index (χ2v) is 8.31. The number of carbonyl (C=O) groups is 1. The van der Waals surface area contributed by atoms with Crippen molar-refractivity contribution in [3.05, 3.63) is 87.9 Å². The topological polar surface area (TPSA) is 57.2 Å². The summed E-state index contributed by atoms with van der Waals surface area (Å²) in [4.78, 5) is 15.2. The predicted octanol–water partition coefficient (Wildman–Crippen LogP) is 4.83. The van der Waals surface area contributed by atoms with Gasteiger partial charge in [-0.25, -0.2) is 4.39 Å². The fourth-order valence-electron chi connectivity index (χ4n) is 4.41. The Bertz CT molecular complexity index is 1320. The SMILES string of the molecule is Cc1c2c(cc3c1O/C(=C\c1ccc(F)cc1)C3=O)CN(Cc1ccc3c(c1)OCO3)CO2. The number of hydrogen-bond acceptors (Lipinski definition) is 6. The first-order chi connectivity index (χ1) is 16.0. The number of nitrogens with zero attached hydrogens (tertiary/aromatic N) is 1. The molecule has 0 fully saturated rings. The van der Waals surface area contributed by atoms with Crippen LogP contribution in [-0.4, -0.2) is 24.2 Å². The van der Waals surface area contributed by atoms with Crippen LogP contribution >= 0.6 is 0 Å². The minimum atomic E-state index is -0.329.